The van der Waals surface area contributed by atoms with Gasteiger partial charge in [-0.3, -0.25) is 0 Å². The van der Waals surface area contributed by atoms with Crippen LogP contribution in [-0.2, 0) is 29.0 Å². The van der Waals surface area contributed by atoms with E-state index in [9.17, 15) is 9.90 Å². The van der Waals surface area contributed by atoms with Gasteiger partial charge in [0.15, 0.2) is 0 Å². The number of aliphatic hydroxyl groups excluding tert-OH is 1. The molecule has 0 fully saturated rings. The molecule has 0 heterocycles. The Kier molecular flexibility index (Phi) is 7.21. The molecule has 3 nitrogen and oxygen atoms in total. The first-order chi connectivity index (χ1) is 14.5. The van der Waals surface area contributed by atoms with E-state index >= 15 is 0 Å². The van der Waals surface area contributed by atoms with E-state index in [1.807, 2.05) is 24.3 Å². The molecule has 1 N–H and O–H groups in total. The Morgan fingerprint density at radius 3 is 2.27 bits per heavy atom. The number of aryl methyl sites for hydroxylation is 1. The van der Waals surface area contributed by atoms with Crippen LogP contribution in [0.15, 0.2) is 78.9 Å². The third-order valence-electron chi connectivity index (χ3n) is 5.20. The molecule has 154 valence electrons. The number of hydrogen-bond donors (Lipinski definition) is 1. The second kappa shape index (κ2) is 10.0. The van der Waals surface area contributed by atoms with Gasteiger partial charge in [-0.1, -0.05) is 74.2 Å². The average Bonchev–Trinajstić information content (AvgIpc) is 2.78. The number of rotatable bonds is 8. The molecule has 0 aliphatic carbocycles. The van der Waals surface area contributed by atoms with Gasteiger partial charge in [0.2, 0.25) is 0 Å². The second-order valence-electron chi connectivity index (χ2n) is 7.41. The largest absolute Gasteiger partial charge is 0.457 e. The lowest BCUT2D eigenvalue weighted by molar-refractivity contribution is -0.140. The van der Waals surface area contributed by atoms with Gasteiger partial charge in [0, 0.05) is 12.2 Å². The molecule has 0 amide bonds. The lowest BCUT2D eigenvalue weighted by Gasteiger charge is -2.15. The Hall–Kier alpha value is -3.17. The maximum absolute atomic E-state index is 11.8. The summed E-state index contributed by atoms with van der Waals surface area (Å²) in [4.78, 5) is 11.8. The van der Waals surface area contributed by atoms with Crippen LogP contribution in [0.4, 0.5) is 0 Å². The minimum atomic E-state index is -0.406. The van der Waals surface area contributed by atoms with Crippen LogP contribution in [-0.4, -0.2) is 17.7 Å². The van der Waals surface area contributed by atoms with Gasteiger partial charge in [0.1, 0.15) is 6.61 Å². The number of benzene rings is 3. The van der Waals surface area contributed by atoms with E-state index in [0.29, 0.717) is 12.0 Å². The molecule has 0 radical (unpaired) electrons. The summed E-state index contributed by atoms with van der Waals surface area (Å²) in [5.74, 6) is -0.406. The molecular weight excluding hydrogens is 372 g/mol. The second-order valence-corrected chi connectivity index (χ2v) is 7.41. The topological polar surface area (TPSA) is 46.5 Å². The molecule has 3 aromatic rings. The lowest BCUT2D eigenvalue weighted by Crippen LogP contribution is -2.07. The van der Waals surface area contributed by atoms with Crippen LogP contribution >= 0.6 is 0 Å². The average molecular weight is 401 g/mol. The van der Waals surface area contributed by atoms with Gasteiger partial charge in [-0.25, -0.2) is 4.79 Å². The third-order valence-corrected chi connectivity index (χ3v) is 5.20. The Morgan fingerprint density at radius 1 is 0.900 bits per heavy atom. The maximum atomic E-state index is 11.8. The minimum Gasteiger partial charge on any atom is -0.457 e. The molecule has 0 aromatic heterocycles. The van der Waals surface area contributed by atoms with Crippen molar-refractivity contribution in [2.45, 2.75) is 33.3 Å². The van der Waals surface area contributed by atoms with E-state index in [-0.39, 0.29) is 13.2 Å². The summed E-state index contributed by atoms with van der Waals surface area (Å²) in [7, 11) is 0. The molecule has 30 heavy (non-hydrogen) atoms. The fourth-order valence-corrected chi connectivity index (χ4v) is 3.54. The molecule has 0 bridgehead atoms. The van der Waals surface area contributed by atoms with Crippen molar-refractivity contribution in [3.05, 3.63) is 95.6 Å². The highest BCUT2D eigenvalue weighted by Crippen LogP contribution is 2.31. The first-order valence-electron chi connectivity index (χ1n) is 10.3. The highest BCUT2D eigenvalue weighted by atomic mass is 16.5. The first kappa shape index (κ1) is 21.5. The number of aliphatic hydroxyl groups is 1. The summed E-state index contributed by atoms with van der Waals surface area (Å²) in [5, 5.41) is 9.40. The lowest BCUT2D eigenvalue weighted by atomic mass is 9.91. The predicted octanol–water partition coefficient (Wildman–Crippen LogP) is 5.74. The molecule has 0 saturated heterocycles. The van der Waals surface area contributed by atoms with E-state index in [4.69, 9.17) is 4.74 Å². The summed E-state index contributed by atoms with van der Waals surface area (Å²) in [6, 6.07) is 23.1. The van der Waals surface area contributed by atoms with Gasteiger partial charge in [-0.15, -0.1) is 0 Å². The van der Waals surface area contributed by atoms with Crippen LogP contribution in [0.2, 0.25) is 0 Å². The maximum Gasteiger partial charge on any atom is 0.333 e. The fraction of sp³-hybridized carbons (Fsp3) is 0.222. The van der Waals surface area contributed by atoms with Crippen LogP contribution in [0.3, 0.4) is 0 Å². The molecule has 0 atom stereocenters. The zero-order valence-electron chi connectivity index (χ0n) is 17.7. The highest BCUT2D eigenvalue weighted by Gasteiger charge is 2.12. The monoisotopic (exact) mass is 400 g/mol. The highest BCUT2D eigenvalue weighted by molar-refractivity contribution is 5.87. The minimum absolute atomic E-state index is 0.0484. The Morgan fingerprint density at radius 2 is 1.60 bits per heavy atom. The van der Waals surface area contributed by atoms with Gasteiger partial charge in [0.25, 0.3) is 0 Å². The molecule has 3 rings (SSSR count). The smallest absolute Gasteiger partial charge is 0.333 e. The van der Waals surface area contributed by atoms with E-state index < -0.39 is 5.97 Å². The van der Waals surface area contributed by atoms with Crippen molar-refractivity contribution >= 4 is 5.97 Å². The zero-order chi connectivity index (χ0) is 21.5. The Labute approximate surface area is 178 Å². The van der Waals surface area contributed by atoms with E-state index in [2.05, 4.69) is 56.0 Å². The van der Waals surface area contributed by atoms with E-state index in [0.717, 1.165) is 23.1 Å². The Bertz CT molecular complexity index is 1040. The van der Waals surface area contributed by atoms with E-state index in [1.165, 1.54) is 22.3 Å². The van der Waals surface area contributed by atoms with Crippen LogP contribution in [0.5, 0.6) is 0 Å². The summed E-state index contributed by atoms with van der Waals surface area (Å²) in [5.41, 5.74) is 8.17. The van der Waals surface area contributed by atoms with E-state index in [1.54, 1.807) is 6.92 Å². The van der Waals surface area contributed by atoms with Gasteiger partial charge in [-0.05, 0) is 64.8 Å². The van der Waals surface area contributed by atoms with Crippen LogP contribution in [0, 0.1) is 0 Å². The molecule has 0 aliphatic rings. The standard InChI is InChI=1S/C27H28O3/c1-4-20-16-23(21-8-6-5-7-9-21)12-13-26(20)24-11-10-22(14-15-28)25(17-24)18-30-27(29)19(2)3/h5-13,16-17,28H,2,4,14-15,18H2,1,3H3. The number of esters is 1. The predicted molar refractivity (Wildman–Crippen MR) is 122 cm³/mol. The van der Waals surface area contributed by atoms with Crippen molar-refractivity contribution in [2.24, 2.45) is 0 Å². The number of hydrogen-bond acceptors (Lipinski definition) is 3. The molecule has 3 heteroatoms. The normalized spacial score (nSPS) is 10.6. The van der Waals surface area contributed by atoms with Crippen molar-refractivity contribution in [3.8, 4) is 22.3 Å². The van der Waals surface area contributed by atoms with Crippen molar-refractivity contribution in [1.29, 1.82) is 0 Å². The summed E-state index contributed by atoms with van der Waals surface area (Å²) in [6.07, 6.45) is 1.43. The van der Waals surface area contributed by atoms with Crippen molar-refractivity contribution in [3.63, 3.8) is 0 Å². The van der Waals surface area contributed by atoms with Crippen molar-refractivity contribution < 1.29 is 14.6 Å². The van der Waals surface area contributed by atoms with Crippen LogP contribution < -0.4 is 0 Å². The summed E-state index contributed by atoms with van der Waals surface area (Å²) in [6.45, 7) is 7.64. The van der Waals surface area contributed by atoms with Gasteiger partial charge >= 0.3 is 5.97 Å². The number of carbonyl (C=O) groups excluding carboxylic acids is 1. The quantitative estimate of drug-likeness (QED) is 0.388. The molecule has 0 aliphatic heterocycles. The molecular formula is C27H28O3. The van der Waals surface area contributed by atoms with Gasteiger partial charge in [0.05, 0.1) is 0 Å². The Balaban J connectivity index is 1.97. The zero-order valence-corrected chi connectivity index (χ0v) is 17.7. The molecule has 0 saturated carbocycles. The molecule has 0 spiro atoms. The molecule has 3 aromatic carbocycles. The number of ether oxygens (including phenoxy) is 1. The van der Waals surface area contributed by atoms with Crippen LogP contribution in [0.1, 0.15) is 30.5 Å². The first-order valence-corrected chi connectivity index (χ1v) is 10.3. The van der Waals surface area contributed by atoms with Crippen molar-refractivity contribution in [1.82, 2.24) is 0 Å². The van der Waals surface area contributed by atoms with Crippen molar-refractivity contribution in [2.75, 3.05) is 6.61 Å². The molecule has 0 unspecified atom stereocenters. The third kappa shape index (κ3) is 5.05. The van der Waals surface area contributed by atoms with Gasteiger partial charge in [-0.2, -0.15) is 0 Å². The number of carbonyl (C=O) groups is 1. The van der Waals surface area contributed by atoms with Gasteiger partial charge < -0.3 is 9.84 Å². The summed E-state index contributed by atoms with van der Waals surface area (Å²) < 4.78 is 5.38. The summed E-state index contributed by atoms with van der Waals surface area (Å²) >= 11 is 0. The van der Waals surface area contributed by atoms with Crippen LogP contribution in [0.25, 0.3) is 22.3 Å². The fourth-order valence-electron chi connectivity index (χ4n) is 3.54. The SMILES string of the molecule is C=C(C)C(=O)OCc1cc(-c2ccc(-c3ccccc3)cc2CC)ccc1CCO.